The van der Waals surface area contributed by atoms with E-state index < -0.39 is 16.0 Å². The molecule has 2 aromatic carbocycles. The van der Waals surface area contributed by atoms with Crippen LogP contribution in [0.2, 0.25) is 0 Å². The van der Waals surface area contributed by atoms with Gasteiger partial charge in [-0.3, -0.25) is 0 Å². The molecule has 1 saturated heterocycles. The Hall–Kier alpha value is -2.89. The van der Waals surface area contributed by atoms with E-state index in [0.29, 0.717) is 11.3 Å². The van der Waals surface area contributed by atoms with E-state index in [1.165, 1.54) is 30.3 Å². The molecule has 1 unspecified atom stereocenters. The first-order chi connectivity index (χ1) is 12.5. The van der Waals surface area contributed by atoms with Gasteiger partial charge >= 0.3 is 5.97 Å². The molecule has 0 aromatic heterocycles. The van der Waals surface area contributed by atoms with E-state index in [1.807, 2.05) is 11.0 Å². The van der Waals surface area contributed by atoms with Gasteiger partial charge in [0.15, 0.2) is 0 Å². The van der Waals surface area contributed by atoms with Crippen LogP contribution in [0.15, 0.2) is 47.4 Å². The molecule has 1 atom stereocenters. The van der Waals surface area contributed by atoms with Crippen molar-refractivity contribution in [2.75, 3.05) is 11.4 Å². The smallest absolute Gasteiger partial charge is 0.343 e. The normalized spacial score (nSPS) is 20.0. The maximum Gasteiger partial charge on any atom is 0.343 e. The highest BCUT2D eigenvalue weighted by Crippen LogP contribution is 2.37. The van der Waals surface area contributed by atoms with Crippen molar-refractivity contribution in [3.05, 3.63) is 53.6 Å². The van der Waals surface area contributed by atoms with E-state index in [9.17, 15) is 13.2 Å². The van der Waals surface area contributed by atoms with Gasteiger partial charge in [0.05, 0.1) is 29.0 Å². The molecule has 0 saturated carbocycles. The molecular formula is C18H15N3O4S. The molecule has 2 aliphatic rings. The Kier molecular flexibility index (Phi) is 3.90. The molecule has 132 valence electrons. The molecule has 1 fully saturated rings. The van der Waals surface area contributed by atoms with Gasteiger partial charge in [0.25, 0.3) is 0 Å². The molecular weight excluding hydrogens is 354 g/mol. The molecule has 0 bridgehead atoms. The molecule has 7 nitrogen and oxygen atoms in total. The summed E-state index contributed by atoms with van der Waals surface area (Å²) < 4.78 is 32.9. The lowest BCUT2D eigenvalue weighted by molar-refractivity contribution is 0.0734. The summed E-state index contributed by atoms with van der Waals surface area (Å²) in [5.74, 6) is -0.462. The van der Waals surface area contributed by atoms with Gasteiger partial charge in [0.2, 0.25) is 10.0 Å². The number of fused-ring (bicyclic) bond motifs is 3. The Bertz CT molecular complexity index is 1030. The number of esters is 1. The van der Waals surface area contributed by atoms with Crippen LogP contribution in [0.1, 0.15) is 28.8 Å². The Balaban J connectivity index is 1.63. The van der Waals surface area contributed by atoms with Crippen LogP contribution in [0.4, 0.5) is 5.69 Å². The van der Waals surface area contributed by atoms with Crippen molar-refractivity contribution in [3.8, 4) is 11.8 Å². The van der Waals surface area contributed by atoms with Gasteiger partial charge < -0.3 is 9.64 Å². The van der Waals surface area contributed by atoms with Crippen LogP contribution in [0.5, 0.6) is 5.75 Å². The van der Waals surface area contributed by atoms with E-state index in [1.54, 1.807) is 12.1 Å². The maximum atomic E-state index is 12.5. The number of anilines is 1. The second-order valence-corrected chi connectivity index (χ2v) is 7.86. The molecule has 0 radical (unpaired) electrons. The molecule has 4 rings (SSSR count). The summed E-state index contributed by atoms with van der Waals surface area (Å²) in [4.78, 5) is 14.4. The van der Waals surface area contributed by atoms with Gasteiger partial charge in [-0.25, -0.2) is 13.2 Å². The number of benzene rings is 2. The van der Waals surface area contributed by atoms with Crippen LogP contribution in [0, 0.1) is 11.3 Å². The minimum Gasteiger partial charge on any atom is -0.423 e. The minimum absolute atomic E-state index is 0.112. The van der Waals surface area contributed by atoms with Gasteiger partial charge in [0, 0.05) is 12.6 Å². The second-order valence-electron chi connectivity index (χ2n) is 6.18. The Labute approximate surface area is 150 Å². The predicted octanol–water partition coefficient (Wildman–Crippen LogP) is 2.00. The molecule has 26 heavy (non-hydrogen) atoms. The van der Waals surface area contributed by atoms with Crippen molar-refractivity contribution in [2.24, 2.45) is 0 Å². The number of sulfonamides is 1. The van der Waals surface area contributed by atoms with E-state index in [4.69, 9.17) is 10.00 Å². The van der Waals surface area contributed by atoms with Crippen LogP contribution in [0.3, 0.4) is 0 Å². The average Bonchev–Trinajstić information content (AvgIpc) is 3.09. The SMILES string of the molecule is N#Cc1ccc(C(=O)Oc2ccc3c(c2)S(=O)(=O)NC2CCCN32)cc1. The summed E-state index contributed by atoms with van der Waals surface area (Å²) >= 11 is 0. The number of carbonyl (C=O) groups is 1. The van der Waals surface area contributed by atoms with Crippen molar-refractivity contribution >= 4 is 21.7 Å². The van der Waals surface area contributed by atoms with Crippen molar-refractivity contribution in [3.63, 3.8) is 0 Å². The molecule has 0 aliphatic carbocycles. The summed E-state index contributed by atoms with van der Waals surface area (Å²) in [7, 11) is -3.65. The monoisotopic (exact) mass is 369 g/mol. The van der Waals surface area contributed by atoms with Gasteiger partial charge in [-0.1, -0.05) is 0 Å². The zero-order chi connectivity index (χ0) is 18.3. The Morgan fingerprint density at radius 1 is 1.23 bits per heavy atom. The number of hydrogen-bond acceptors (Lipinski definition) is 6. The largest absolute Gasteiger partial charge is 0.423 e. The molecule has 2 heterocycles. The lowest BCUT2D eigenvalue weighted by atomic mass is 10.1. The van der Waals surface area contributed by atoms with Crippen molar-refractivity contribution in [1.82, 2.24) is 4.72 Å². The standard InChI is InChI=1S/C18H15N3O4S/c19-11-12-3-5-13(6-4-12)18(22)25-14-7-8-15-16(10-14)26(23,24)20-17-2-1-9-21(15)17/h3-8,10,17,20H,1-2,9H2. The fraction of sp³-hybridized carbons (Fsp3) is 0.222. The van der Waals surface area contributed by atoms with E-state index in [-0.39, 0.29) is 22.4 Å². The lowest BCUT2D eigenvalue weighted by Gasteiger charge is -2.33. The van der Waals surface area contributed by atoms with Crippen LogP contribution >= 0.6 is 0 Å². The van der Waals surface area contributed by atoms with Gasteiger partial charge in [-0.2, -0.15) is 9.98 Å². The van der Waals surface area contributed by atoms with Crippen molar-refractivity contribution in [2.45, 2.75) is 23.9 Å². The van der Waals surface area contributed by atoms with E-state index in [0.717, 1.165) is 19.4 Å². The third-order valence-corrected chi connectivity index (χ3v) is 6.02. The van der Waals surface area contributed by atoms with Crippen molar-refractivity contribution in [1.29, 1.82) is 5.26 Å². The van der Waals surface area contributed by atoms with E-state index >= 15 is 0 Å². The number of nitriles is 1. The summed E-state index contributed by atoms with van der Waals surface area (Å²) in [6.45, 7) is 0.782. The lowest BCUT2D eigenvalue weighted by Crippen LogP contribution is -2.48. The van der Waals surface area contributed by atoms with Gasteiger partial charge in [-0.05, 0) is 49.2 Å². The van der Waals surface area contributed by atoms with Crippen molar-refractivity contribution < 1.29 is 17.9 Å². The molecule has 2 aliphatic heterocycles. The zero-order valence-electron chi connectivity index (χ0n) is 13.7. The van der Waals surface area contributed by atoms with Gasteiger partial charge in [0.1, 0.15) is 10.6 Å². The topological polar surface area (TPSA) is 99.5 Å². The average molecular weight is 369 g/mol. The Morgan fingerprint density at radius 3 is 2.73 bits per heavy atom. The van der Waals surface area contributed by atoms with Crippen LogP contribution in [0.25, 0.3) is 0 Å². The first-order valence-electron chi connectivity index (χ1n) is 8.13. The number of rotatable bonds is 2. The second kappa shape index (κ2) is 6.12. The van der Waals surface area contributed by atoms with Crippen LogP contribution in [-0.2, 0) is 10.0 Å². The number of carbonyl (C=O) groups excluding carboxylic acids is 1. The fourth-order valence-corrected chi connectivity index (χ4v) is 4.74. The summed E-state index contributed by atoms with van der Waals surface area (Å²) in [6, 6.07) is 12.6. The molecule has 8 heteroatoms. The molecule has 2 aromatic rings. The quantitative estimate of drug-likeness (QED) is 0.642. The number of nitrogens with one attached hydrogen (secondary N) is 1. The third kappa shape index (κ3) is 2.81. The third-order valence-electron chi connectivity index (χ3n) is 4.53. The highest BCUT2D eigenvalue weighted by Gasteiger charge is 2.37. The van der Waals surface area contributed by atoms with E-state index in [2.05, 4.69) is 4.72 Å². The predicted molar refractivity (Wildman–Crippen MR) is 93.2 cm³/mol. The highest BCUT2D eigenvalue weighted by molar-refractivity contribution is 7.89. The number of nitrogens with zero attached hydrogens (tertiary/aromatic N) is 2. The molecule has 1 N–H and O–H groups in total. The summed E-state index contributed by atoms with van der Waals surface area (Å²) in [5, 5.41) is 8.80. The maximum absolute atomic E-state index is 12.5. The number of ether oxygens (including phenoxy) is 1. The zero-order valence-corrected chi connectivity index (χ0v) is 14.5. The molecule has 0 amide bonds. The highest BCUT2D eigenvalue weighted by atomic mass is 32.2. The molecule has 0 spiro atoms. The number of hydrogen-bond donors (Lipinski definition) is 1. The minimum atomic E-state index is -3.65. The fourth-order valence-electron chi connectivity index (χ4n) is 3.28. The summed E-state index contributed by atoms with van der Waals surface area (Å²) in [5.41, 5.74) is 1.35. The first-order valence-corrected chi connectivity index (χ1v) is 9.62. The van der Waals surface area contributed by atoms with Crippen LogP contribution < -0.4 is 14.4 Å². The van der Waals surface area contributed by atoms with Gasteiger partial charge in [-0.15, -0.1) is 0 Å². The van der Waals surface area contributed by atoms with Crippen LogP contribution in [-0.4, -0.2) is 27.1 Å². The Morgan fingerprint density at radius 2 is 2.00 bits per heavy atom. The first kappa shape index (κ1) is 16.6. The summed E-state index contributed by atoms with van der Waals surface area (Å²) in [6.07, 6.45) is 1.48.